The maximum Gasteiger partial charge on any atom is 0.230 e. The van der Waals surface area contributed by atoms with Crippen molar-refractivity contribution in [3.8, 4) is 0 Å². The van der Waals surface area contributed by atoms with Gasteiger partial charge in [-0.2, -0.15) is 0 Å². The van der Waals surface area contributed by atoms with Crippen LogP contribution in [0.3, 0.4) is 0 Å². The van der Waals surface area contributed by atoms with Crippen molar-refractivity contribution in [2.75, 3.05) is 0 Å². The summed E-state index contributed by atoms with van der Waals surface area (Å²) in [5.74, 6) is -1.05. The maximum absolute atomic E-state index is 13.8. The minimum atomic E-state index is -0.518. The summed E-state index contributed by atoms with van der Waals surface area (Å²) >= 11 is 0. The first-order chi connectivity index (χ1) is 8.96. The van der Waals surface area contributed by atoms with Crippen molar-refractivity contribution in [2.24, 2.45) is 11.3 Å². The van der Waals surface area contributed by atoms with Crippen LogP contribution >= 0.6 is 0 Å². The average Bonchev–Trinajstić information content (AvgIpc) is 2.31. The quantitative estimate of drug-likeness (QED) is 0.851. The Morgan fingerprint density at radius 3 is 2.68 bits per heavy atom. The van der Waals surface area contributed by atoms with E-state index in [2.05, 4.69) is 5.32 Å². The summed E-state index contributed by atoms with van der Waals surface area (Å²) in [5, 5.41) is 2.36. The van der Waals surface area contributed by atoms with Gasteiger partial charge in [0.2, 0.25) is 11.8 Å². The molecular weight excluding hydrogens is 245 g/mol. The molecule has 0 saturated carbocycles. The van der Waals surface area contributed by atoms with Gasteiger partial charge in [-0.3, -0.25) is 14.9 Å². The van der Waals surface area contributed by atoms with Crippen LogP contribution in [0.25, 0.3) is 0 Å². The number of nitrogens with one attached hydrogen (secondary N) is 1. The Labute approximate surface area is 112 Å². The van der Waals surface area contributed by atoms with Gasteiger partial charge in [0.05, 0.1) is 0 Å². The Balaban J connectivity index is 2.31. The molecule has 2 rings (SSSR count). The zero-order chi connectivity index (χ0) is 14.0. The number of carbonyl (C=O) groups is 2. The summed E-state index contributed by atoms with van der Waals surface area (Å²) in [4.78, 5) is 23.5. The fourth-order valence-electron chi connectivity index (χ4n) is 3.02. The van der Waals surface area contributed by atoms with Crippen molar-refractivity contribution in [3.05, 3.63) is 35.6 Å². The lowest BCUT2D eigenvalue weighted by Gasteiger charge is -2.39. The highest BCUT2D eigenvalue weighted by molar-refractivity contribution is 5.99. The summed E-state index contributed by atoms with van der Waals surface area (Å²) in [6.45, 7) is 3.81. The Hall–Kier alpha value is -1.71. The number of carbonyl (C=O) groups excluding carboxylic acids is 2. The van der Waals surface area contributed by atoms with E-state index in [9.17, 15) is 14.0 Å². The molecule has 102 valence electrons. The van der Waals surface area contributed by atoms with E-state index in [4.69, 9.17) is 0 Å². The molecule has 0 bridgehead atoms. The number of benzene rings is 1. The average molecular weight is 263 g/mol. The Morgan fingerprint density at radius 2 is 2.05 bits per heavy atom. The Morgan fingerprint density at radius 1 is 1.37 bits per heavy atom. The molecule has 1 aliphatic rings. The molecule has 2 unspecified atom stereocenters. The van der Waals surface area contributed by atoms with Gasteiger partial charge in [-0.15, -0.1) is 0 Å². The molecule has 1 aromatic rings. The topological polar surface area (TPSA) is 46.2 Å². The van der Waals surface area contributed by atoms with Crippen molar-refractivity contribution in [2.45, 2.75) is 33.1 Å². The highest BCUT2D eigenvalue weighted by atomic mass is 19.1. The number of amides is 2. The van der Waals surface area contributed by atoms with Gasteiger partial charge in [-0.1, -0.05) is 32.0 Å². The van der Waals surface area contributed by atoms with Crippen molar-refractivity contribution in [3.63, 3.8) is 0 Å². The fourth-order valence-corrected chi connectivity index (χ4v) is 3.02. The summed E-state index contributed by atoms with van der Waals surface area (Å²) in [6, 6.07) is 6.53. The number of rotatable bonds is 3. The minimum Gasteiger partial charge on any atom is -0.296 e. The van der Waals surface area contributed by atoms with Crippen LogP contribution in [0.2, 0.25) is 0 Å². The van der Waals surface area contributed by atoms with E-state index in [0.29, 0.717) is 18.4 Å². The van der Waals surface area contributed by atoms with E-state index in [1.807, 2.05) is 13.8 Å². The van der Waals surface area contributed by atoms with E-state index < -0.39 is 5.41 Å². The lowest BCUT2D eigenvalue weighted by molar-refractivity contribution is -0.143. The van der Waals surface area contributed by atoms with Crippen LogP contribution in [0.4, 0.5) is 4.39 Å². The molecular formula is C15H18FNO2. The molecule has 1 fully saturated rings. The highest BCUT2D eigenvalue weighted by Gasteiger charge is 2.44. The second kappa shape index (κ2) is 5.11. The van der Waals surface area contributed by atoms with Gasteiger partial charge < -0.3 is 0 Å². The van der Waals surface area contributed by atoms with Gasteiger partial charge in [0, 0.05) is 12.3 Å². The number of hydrogen-bond acceptors (Lipinski definition) is 2. The summed E-state index contributed by atoms with van der Waals surface area (Å²) in [5.41, 5.74) is 0.0436. The number of imide groups is 1. The molecule has 1 saturated heterocycles. The Kier molecular flexibility index (Phi) is 3.69. The lowest BCUT2D eigenvalue weighted by atomic mass is 9.67. The predicted molar refractivity (Wildman–Crippen MR) is 69.8 cm³/mol. The number of piperidine rings is 1. The van der Waals surface area contributed by atoms with E-state index >= 15 is 0 Å². The number of halogens is 1. The third kappa shape index (κ3) is 2.67. The van der Waals surface area contributed by atoms with E-state index in [0.717, 1.165) is 0 Å². The van der Waals surface area contributed by atoms with Crippen molar-refractivity contribution >= 4 is 11.8 Å². The summed E-state index contributed by atoms with van der Waals surface area (Å²) < 4.78 is 13.8. The molecule has 0 aliphatic carbocycles. The zero-order valence-corrected chi connectivity index (χ0v) is 11.2. The third-order valence-corrected chi connectivity index (χ3v) is 3.95. The zero-order valence-electron chi connectivity index (χ0n) is 11.2. The molecule has 0 spiro atoms. The molecule has 0 aromatic heterocycles. The van der Waals surface area contributed by atoms with Gasteiger partial charge in [-0.05, 0) is 29.9 Å². The van der Waals surface area contributed by atoms with Gasteiger partial charge in [-0.25, -0.2) is 4.39 Å². The predicted octanol–water partition coefficient (Wildman–Crippen LogP) is 2.45. The minimum absolute atomic E-state index is 0.238. The molecule has 1 N–H and O–H groups in total. The van der Waals surface area contributed by atoms with Gasteiger partial charge >= 0.3 is 0 Å². The van der Waals surface area contributed by atoms with Crippen LogP contribution < -0.4 is 5.32 Å². The SMILES string of the molecule is CCC1C(=O)NC(=O)CC1(C)Cc1ccccc1F. The van der Waals surface area contributed by atoms with E-state index in [-0.39, 0.29) is 30.0 Å². The van der Waals surface area contributed by atoms with Crippen LogP contribution in [-0.4, -0.2) is 11.8 Å². The van der Waals surface area contributed by atoms with Gasteiger partial charge in [0.1, 0.15) is 5.82 Å². The van der Waals surface area contributed by atoms with Crippen molar-refractivity contribution in [1.82, 2.24) is 5.32 Å². The normalized spacial score (nSPS) is 27.2. The molecule has 1 heterocycles. The van der Waals surface area contributed by atoms with Crippen LogP contribution in [0.5, 0.6) is 0 Å². The Bertz CT molecular complexity index is 515. The van der Waals surface area contributed by atoms with Gasteiger partial charge in [0.15, 0.2) is 0 Å². The van der Waals surface area contributed by atoms with Crippen LogP contribution in [0.15, 0.2) is 24.3 Å². The van der Waals surface area contributed by atoms with E-state index in [1.54, 1.807) is 18.2 Å². The van der Waals surface area contributed by atoms with Gasteiger partial charge in [0.25, 0.3) is 0 Å². The summed E-state index contributed by atoms with van der Waals surface area (Å²) in [6.07, 6.45) is 1.30. The monoisotopic (exact) mass is 263 g/mol. The molecule has 3 nitrogen and oxygen atoms in total. The van der Waals surface area contributed by atoms with Crippen LogP contribution in [0, 0.1) is 17.2 Å². The first-order valence-electron chi connectivity index (χ1n) is 6.53. The number of hydrogen-bond donors (Lipinski definition) is 1. The largest absolute Gasteiger partial charge is 0.296 e. The lowest BCUT2D eigenvalue weighted by Crippen LogP contribution is -2.51. The summed E-state index contributed by atoms with van der Waals surface area (Å²) in [7, 11) is 0. The first kappa shape index (κ1) is 13.7. The fraction of sp³-hybridized carbons (Fsp3) is 0.467. The highest BCUT2D eigenvalue weighted by Crippen LogP contribution is 2.40. The molecule has 2 amide bonds. The second-order valence-electron chi connectivity index (χ2n) is 5.47. The molecule has 0 radical (unpaired) electrons. The smallest absolute Gasteiger partial charge is 0.230 e. The van der Waals surface area contributed by atoms with Crippen molar-refractivity contribution < 1.29 is 14.0 Å². The van der Waals surface area contributed by atoms with Crippen molar-refractivity contribution in [1.29, 1.82) is 0 Å². The van der Waals surface area contributed by atoms with Crippen LogP contribution in [0.1, 0.15) is 32.3 Å². The first-order valence-corrected chi connectivity index (χ1v) is 6.53. The molecule has 1 aromatic carbocycles. The maximum atomic E-state index is 13.8. The van der Waals surface area contributed by atoms with Crippen LogP contribution in [-0.2, 0) is 16.0 Å². The third-order valence-electron chi connectivity index (χ3n) is 3.95. The van der Waals surface area contributed by atoms with E-state index in [1.165, 1.54) is 6.07 Å². The molecule has 4 heteroatoms. The molecule has 19 heavy (non-hydrogen) atoms. The standard InChI is InChI=1S/C15H18FNO2/c1-3-11-14(19)17-13(18)9-15(11,2)8-10-6-4-5-7-12(10)16/h4-7,11H,3,8-9H2,1-2H3,(H,17,18,19). The molecule has 1 aliphatic heterocycles. The second-order valence-corrected chi connectivity index (χ2v) is 5.47. The molecule has 2 atom stereocenters.